The number of nitrogens with zero attached hydrogens (tertiary/aromatic N) is 6. The molecule has 0 saturated carbocycles. The number of nitrogens with one attached hydrogen (secondary N) is 1. The van der Waals surface area contributed by atoms with Gasteiger partial charge in [-0.3, -0.25) is 0 Å². The van der Waals surface area contributed by atoms with Crippen molar-refractivity contribution in [3.8, 4) is 11.4 Å². The van der Waals surface area contributed by atoms with E-state index in [0.29, 0.717) is 32.6 Å². The minimum atomic E-state index is -4.44. The highest BCUT2D eigenvalue weighted by atomic mass is 35.5. The fourth-order valence-electron chi connectivity index (χ4n) is 2.24. The molecular weight excluding hydrogens is 403 g/mol. The van der Waals surface area contributed by atoms with E-state index in [4.69, 9.17) is 11.6 Å². The molecule has 0 aromatic carbocycles. The maximum Gasteiger partial charge on any atom is 0.417 e. The zero-order chi connectivity index (χ0) is 19.0. The lowest BCUT2D eigenvalue weighted by Gasteiger charge is -2.10. The van der Waals surface area contributed by atoms with Gasteiger partial charge in [0.15, 0.2) is 5.65 Å². The molecule has 4 heterocycles. The van der Waals surface area contributed by atoms with Crippen LogP contribution < -0.4 is 5.32 Å². The van der Waals surface area contributed by atoms with Gasteiger partial charge < -0.3 is 5.32 Å². The Morgan fingerprint density at radius 2 is 1.89 bits per heavy atom. The largest absolute Gasteiger partial charge is 0.417 e. The quantitative estimate of drug-likeness (QED) is 0.537. The Balaban J connectivity index is 1.67. The van der Waals surface area contributed by atoms with Crippen molar-refractivity contribution in [2.45, 2.75) is 6.18 Å². The molecular formula is C15H7ClF3N7S. The number of alkyl halides is 3. The van der Waals surface area contributed by atoms with E-state index in [2.05, 4.69) is 34.8 Å². The Morgan fingerprint density at radius 3 is 2.56 bits per heavy atom. The number of halogens is 4. The van der Waals surface area contributed by atoms with Crippen molar-refractivity contribution in [2.75, 3.05) is 5.32 Å². The van der Waals surface area contributed by atoms with E-state index in [0.717, 1.165) is 23.8 Å². The van der Waals surface area contributed by atoms with Crippen LogP contribution in [0.15, 0.2) is 36.8 Å². The second-order valence-electron chi connectivity index (χ2n) is 5.24. The van der Waals surface area contributed by atoms with Gasteiger partial charge in [-0.05, 0) is 18.2 Å². The summed E-state index contributed by atoms with van der Waals surface area (Å²) in [5, 5.41) is 6.82. The molecule has 0 bridgehead atoms. The van der Waals surface area contributed by atoms with Crippen LogP contribution in [0, 0.1) is 0 Å². The van der Waals surface area contributed by atoms with Gasteiger partial charge in [0.25, 0.3) is 0 Å². The Hall–Kier alpha value is -2.92. The lowest BCUT2D eigenvalue weighted by atomic mass is 10.2. The fraction of sp³-hybridized carbons (Fsp3) is 0.0667. The summed E-state index contributed by atoms with van der Waals surface area (Å²) in [6.07, 6.45) is -0.721. The SMILES string of the molecule is FC(F)(F)c1ccc(Nc2ccnc3nc(-c4nnsc4Cl)cnc23)nc1. The molecule has 136 valence electrons. The molecule has 0 aliphatic carbocycles. The molecule has 0 saturated heterocycles. The van der Waals surface area contributed by atoms with Crippen LogP contribution in [0.4, 0.5) is 24.7 Å². The molecule has 0 radical (unpaired) electrons. The number of hydrogen-bond acceptors (Lipinski definition) is 8. The van der Waals surface area contributed by atoms with Gasteiger partial charge in [0, 0.05) is 23.9 Å². The molecule has 0 spiro atoms. The molecule has 4 aromatic rings. The van der Waals surface area contributed by atoms with Crippen LogP contribution in [0.1, 0.15) is 5.56 Å². The highest BCUT2D eigenvalue weighted by molar-refractivity contribution is 7.10. The standard InChI is InChI=1S/C15H7ClF3N7S/c16-13-11(25-26-27-13)9-6-22-12-8(3-4-20-14(12)24-9)23-10-2-1-7(5-21-10)15(17,18)19/h1-6H,(H,20,21,23,24). The summed E-state index contributed by atoms with van der Waals surface area (Å²) in [6, 6.07) is 3.80. The molecule has 1 N–H and O–H groups in total. The topological polar surface area (TPSA) is 89.4 Å². The average molecular weight is 410 g/mol. The minimum absolute atomic E-state index is 0.230. The van der Waals surface area contributed by atoms with E-state index >= 15 is 0 Å². The molecule has 0 amide bonds. The van der Waals surface area contributed by atoms with Gasteiger partial charge in [-0.1, -0.05) is 16.1 Å². The van der Waals surface area contributed by atoms with Gasteiger partial charge in [-0.25, -0.2) is 19.9 Å². The van der Waals surface area contributed by atoms with E-state index in [1.165, 1.54) is 18.5 Å². The smallest absolute Gasteiger partial charge is 0.338 e. The Labute approximate surface area is 158 Å². The van der Waals surface area contributed by atoms with Crippen LogP contribution in [0.5, 0.6) is 0 Å². The van der Waals surface area contributed by atoms with E-state index in [1.54, 1.807) is 6.07 Å². The first-order valence-electron chi connectivity index (χ1n) is 7.32. The van der Waals surface area contributed by atoms with Crippen LogP contribution >= 0.6 is 23.1 Å². The highest BCUT2D eigenvalue weighted by Gasteiger charge is 2.30. The summed E-state index contributed by atoms with van der Waals surface area (Å²) < 4.78 is 42.0. The molecule has 0 aliphatic heterocycles. The van der Waals surface area contributed by atoms with Crippen LogP contribution in [-0.2, 0) is 6.18 Å². The molecule has 4 rings (SSSR count). The van der Waals surface area contributed by atoms with Gasteiger partial charge in [0.1, 0.15) is 27.1 Å². The van der Waals surface area contributed by atoms with Crippen molar-refractivity contribution in [3.63, 3.8) is 0 Å². The van der Waals surface area contributed by atoms with Crippen molar-refractivity contribution in [2.24, 2.45) is 0 Å². The third kappa shape index (κ3) is 3.51. The van der Waals surface area contributed by atoms with Crippen molar-refractivity contribution in [1.29, 1.82) is 0 Å². The van der Waals surface area contributed by atoms with Gasteiger partial charge in [-0.15, -0.1) is 5.10 Å². The fourth-order valence-corrected chi connectivity index (χ4v) is 2.89. The van der Waals surface area contributed by atoms with E-state index in [1.807, 2.05) is 0 Å². The normalized spacial score (nSPS) is 11.7. The van der Waals surface area contributed by atoms with Crippen molar-refractivity contribution in [1.82, 2.24) is 29.5 Å². The first kappa shape index (κ1) is 17.5. The predicted molar refractivity (Wildman–Crippen MR) is 93.8 cm³/mol. The second kappa shape index (κ2) is 6.67. The lowest BCUT2D eigenvalue weighted by molar-refractivity contribution is -0.137. The summed E-state index contributed by atoms with van der Waals surface area (Å²) in [4.78, 5) is 16.6. The van der Waals surface area contributed by atoms with E-state index in [-0.39, 0.29) is 5.82 Å². The van der Waals surface area contributed by atoms with E-state index in [9.17, 15) is 13.2 Å². The molecule has 7 nitrogen and oxygen atoms in total. The minimum Gasteiger partial charge on any atom is -0.338 e. The number of hydrogen-bond donors (Lipinski definition) is 1. The molecule has 27 heavy (non-hydrogen) atoms. The van der Waals surface area contributed by atoms with Crippen LogP contribution in [0.3, 0.4) is 0 Å². The van der Waals surface area contributed by atoms with Gasteiger partial charge in [-0.2, -0.15) is 13.2 Å². The van der Waals surface area contributed by atoms with Crippen LogP contribution in [-0.4, -0.2) is 29.5 Å². The first-order chi connectivity index (χ1) is 12.9. The number of fused-ring (bicyclic) bond motifs is 1. The third-order valence-electron chi connectivity index (χ3n) is 3.49. The number of anilines is 2. The lowest BCUT2D eigenvalue weighted by Crippen LogP contribution is -2.06. The number of pyridine rings is 2. The number of aromatic nitrogens is 6. The van der Waals surface area contributed by atoms with Crippen LogP contribution in [0.2, 0.25) is 4.34 Å². The summed E-state index contributed by atoms with van der Waals surface area (Å²) in [5.41, 5.74) is 1.22. The van der Waals surface area contributed by atoms with Crippen molar-refractivity contribution < 1.29 is 13.2 Å². The summed E-state index contributed by atoms with van der Waals surface area (Å²) in [6.45, 7) is 0. The summed E-state index contributed by atoms with van der Waals surface area (Å²) in [7, 11) is 0. The Morgan fingerprint density at radius 1 is 1.04 bits per heavy atom. The Kier molecular flexibility index (Phi) is 4.32. The van der Waals surface area contributed by atoms with Gasteiger partial charge in [0.05, 0.1) is 17.4 Å². The first-order valence-corrected chi connectivity index (χ1v) is 8.47. The number of rotatable bonds is 3. The molecule has 0 atom stereocenters. The summed E-state index contributed by atoms with van der Waals surface area (Å²) in [5.74, 6) is 0.230. The predicted octanol–water partition coefficient (Wildman–Crippen LogP) is 4.35. The zero-order valence-corrected chi connectivity index (χ0v) is 14.6. The van der Waals surface area contributed by atoms with Crippen molar-refractivity contribution >= 4 is 45.8 Å². The molecule has 0 aliphatic rings. The van der Waals surface area contributed by atoms with Crippen molar-refractivity contribution in [3.05, 3.63) is 46.7 Å². The van der Waals surface area contributed by atoms with Crippen LogP contribution in [0.25, 0.3) is 22.6 Å². The Bertz CT molecular complexity index is 1110. The maximum absolute atomic E-state index is 12.6. The average Bonchev–Trinajstić information content (AvgIpc) is 3.07. The maximum atomic E-state index is 12.6. The second-order valence-corrected chi connectivity index (χ2v) is 6.59. The molecule has 12 heteroatoms. The van der Waals surface area contributed by atoms with E-state index < -0.39 is 11.7 Å². The highest BCUT2D eigenvalue weighted by Crippen LogP contribution is 2.31. The molecule has 0 fully saturated rings. The third-order valence-corrected chi connectivity index (χ3v) is 4.39. The monoisotopic (exact) mass is 409 g/mol. The van der Waals surface area contributed by atoms with Gasteiger partial charge in [0.2, 0.25) is 0 Å². The molecule has 4 aromatic heterocycles. The van der Waals surface area contributed by atoms with Gasteiger partial charge >= 0.3 is 6.18 Å². The zero-order valence-electron chi connectivity index (χ0n) is 13.1. The molecule has 0 unspecified atom stereocenters. The summed E-state index contributed by atoms with van der Waals surface area (Å²) >= 11 is 7.04.